The number of fused-ring (bicyclic) bond motifs is 6. The molecule has 4 heteroatoms. The van der Waals surface area contributed by atoms with Crippen LogP contribution < -0.4 is 0 Å². The van der Waals surface area contributed by atoms with E-state index >= 15 is 0 Å². The lowest BCUT2D eigenvalue weighted by Gasteiger charge is -2.18. The fourth-order valence-electron chi connectivity index (χ4n) is 7.44. The van der Waals surface area contributed by atoms with Gasteiger partial charge in [-0.1, -0.05) is 158 Å². The molecule has 2 heterocycles. The highest BCUT2D eigenvalue weighted by molar-refractivity contribution is 6.22. The molecule has 0 radical (unpaired) electrons. The van der Waals surface area contributed by atoms with Gasteiger partial charge in [0.1, 0.15) is 11.2 Å². The van der Waals surface area contributed by atoms with E-state index in [1.54, 1.807) is 0 Å². The van der Waals surface area contributed by atoms with E-state index < -0.39 is 0 Å². The van der Waals surface area contributed by atoms with E-state index in [0.29, 0.717) is 17.5 Å². The number of nitrogens with zero attached hydrogens (tertiary/aromatic N) is 3. The summed E-state index contributed by atoms with van der Waals surface area (Å²) in [6.07, 6.45) is 0. The number of benzene rings is 8. The van der Waals surface area contributed by atoms with Crippen molar-refractivity contribution < 1.29 is 4.42 Å². The Morgan fingerprint density at radius 2 is 0.804 bits per heavy atom. The summed E-state index contributed by atoms with van der Waals surface area (Å²) >= 11 is 0. The van der Waals surface area contributed by atoms with E-state index in [0.717, 1.165) is 44.2 Å². The van der Waals surface area contributed by atoms with Gasteiger partial charge in [0.05, 0.1) is 0 Å². The molecular formula is C47H29N3O. The first-order chi connectivity index (χ1) is 25.3. The molecule has 10 aromatic rings. The summed E-state index contributed by atoms with van der Waals surface area (Å²) in [6.45, 7) is 0. The second-order valence-corrected chi connectivity index (χ2v) is 12.7. The van der Waals surface area contributed by atoms with Crippen LogP contribution >= 0.6 is 0 Å². The van der Waals surface area contributed by atoms with Gasteiger partial charge in [-0.3, -0.25) is 0 Å². The van der Waals surface area contributed by atoms with Gasteiger partial charge in [-0.25, -0.2) is 15.0 Å². The van der Waals surface area contributed by atoms with E-state index in [1.165, 1.54) is 38.2 Å². The van der Waals surface area contributed by atoms with E-state index in [9.17, 15) is 0 Å². The molecule has 0 saturated heterocycles. The Kier molecular flexibility index (Phi) is 6.78. The number of rotatable bonds is 5. The molecule has 0 bridgehead atoms. The van der Waals surface area contributed by atoms with Crippen molar-refractivity contribution in [3.63, 3.8) is 0 Å². The summed E-state index contributed by atoms with van der Waals surface area (Å²) in [4.78, 5) is 15.1. The maximum atomic E-state index is 6.54. The Balaban J connectivity index is 1.26. The highest BCUT2D eigenvalue weighted by Crippen LogP contribution is 2.46. The molecule has 0 aliphatic rings. The van der Waals surface area contributed by atoms with Gasteiger partial charge in [-0.2, -0.15) is 0 Å². The fraction of sp³-hybridized carbons (Fsp3) is 0. The van der Waals surface area contributed by atoms with Gasteiger partial charge in [-0.15, -0.1) is 0 Å². The Labute approximate surface area is 294 Å². The normalized spacial score (nSPS) is 11.5. The van der Waals surface area contributed by atoms with Crippen molar-refractivity contribution in [3.05, 3.63) is 176 Å². The second kappa shape index (κ2) is 11.9. The molecule has 0 spiro atoms. The van der Waals surface area contributed by atoms with E-state index in [-0.39, 0.29) is 0 Å². The third kappa shape index (κ3) is 4.88. The number of furan rings is 1. The molecule has 2 aromatic heterocycles. The first-order valence-electron chi connectivity index (χ1n) is 17.1. The van der Waals surface area contributed by atoms with Gasteiger partial charge < -0.3 is 4.42 Å². The Morgan fingerprint density at radius 3 is 1.39 bits per heavy atom. The van der Waals surface area contributed by atoms with Crippen molar-refractivity contribution in [3.8, 4) is 56.4 Å². The van der Waals surface area contributed by atoms with Crippen LogP contribution in [0.5, 0.6) is 0 Å². The van der Waals surface area contributed by atoms with E-state index in [4.69, 9.17) is 19.4 Å². The van der Waals surface area contributed by atoms with Gasteiger partial charge in [0.2, 0.25) is 0 Å². The molecule has 4 nitrogen and oxygen atoms in total. The third-order valence-corrected chi connectivity index (χ3v) is 9.72. The summed E-state index contributed by atoms with van der Waals surface area (Å²) < 4.78 is 6.54. The molecular weight excluding hydrogens is 623 g/mol. The summed E-state index contributed by atoms with van der Waals surface area (Å²) in [5, 5.41) is 6.89. The minimum Gasteiger partial charge on any atom is -0.456 e. The van der Waals surface area contributed by atoms with Crippen LogP contribution in [0, 0.1) is 0 Å². The molecule has 0 aliphatic heterocycles. The van der Waals surface area contributed by atoms with Crippen LogP contribution in [0.15, 0.2) is 180 Å². The van der Waals surface area contributed by atoms with E-state index in [2.05, 4.69) is 103 Å². The van der Waals surface area contributed by atoms with Crippen molar-refractivity contribution in [2.24, 2.45) is 0 Å². The second-order valence-electron chi connectivity index (χ2n) is 12.7. The zero-order chi connectivity index (χ0) is 33.7. The fourth-order valence-corrected chi connectivity index (χ4v) is 7.44. The minimum absolute atomic E-state index is 0.600. The summed E-state index contributed by atoms with van der Waals surface area (Å²) in [5.74, 6) is 1.85. The molecule has 0 N–H and O–H groups in total. The van der Waals surface area contributed by atoms with Gasteiger partial charge >= 0.3 is 0 Å². The molecule has 0 atom stereocenters. The predicted octanol–water partition coefficient (Wildman–Crippen LogP) is 12.4. The van der Waals surface area contributed by atoms with Gasteiger partial charge in [0, 0.05) is 27.5 Å². The first kappa shape index (κ1) is 29.0. The first-order valence-corrected chi connectivity index (χ1v) is 17.1. The molecule has 0 fully saturated rings. The van der Waals surface area contributed by atoms with Gasteiger partial charge in [-0.05, 0) is 62.0 Å². The summed E-state index contributed by atoms with van der Waals surface area (Å²) in [6, 6.07) is 61.1. The summed E-state index contributed by atoms with van der Waals surface area (Å²) in [5.41, 5.74) is 9.07. The predicted molar refractivity (Wildman–Crippen MR) is 209 cm³/mol. The molecule has 238 valence electrons. The van der Waals surface area contributed by atoms with Crippen LogP contribution in [0.2, 0.25) is 0 Å². The van der Waals surface area contributed by atoms with Crippen molar-refractivity contribution in [2.45, 2.75) is 0 Å². The average molecular weight is 652 g/mol. The van der Waals surface area contributed by atoms with Gasteiger partial charge in [0.15, 0.2) is 17.5 Å². The van der Waals surface area contributed by atoms with Crippen LogP contribution in [0.1, 0.15) is 0 Å². The molecule has 0 aliphatic carbocycles. The van der Waals surface area contributed by atoms with E-state index in [1.807, 2.05) is 72.8 Å². The Morgan fingerprint density at radius 1 is 0.314 bits per heavy atom. The van der Waals surface area contributed by atoms with Crippen LogP contribution in [0.4, 0.5) is 0 Å². The Bertz CT molecular complexity index is 2840. The molecule has 0 unspecified atom stereocenters. The topological polar surface area (TPSA) is 51.8 Å². The number of aromatic nitrogens is 3. The van der Waals surface area contributed by atoms with Crippen LogP contribution in [0.25, 0.3) is 99.9 Å². The van der Waals surface area contributed by atoms with Crippen molar-refractivity contribution in [1.29, 1.82) is 0 Å². The molecule has 51 heavy (non-hydrogen) atoms. The lowest BCUT2D eigenvalue weighted by molar-refractivity contribution is 0.669. The number of hydrogen-bond acceptors (Lipinski definition) is 4. The van der Waals surface area contributed by atoms with Crippen molar-refractivity contribution >= 4 is 43.5 Å². The molecule has 10 rings (SSSR count). The molecule has 0 saturated carbocycles. The highest BCUT2D eigenvalue weighted by atomic mass is 16.3. The zero-order valence-corrected chi connectivity index (χ0v) is 27.5. The number of hydrogen-bond donors (Lipinski definition) is 0. The largest absolute Gasteiger partial charge is 0.456 e. The quantitative estimate of drug-likeness (QED) is 0.174. The van der Waals surface area contributed by atoms with Crippen LogP contribution in [-0.2, 0) is 0 Å². The SMILES string of the molecule is c1ccc(-c2nc(-c3ccccc3)nc(-c3cccc4oc5ccc(-c6c(-c7ccccc7)c7ccccc7c7ccccc67)cc5c34)n2)cc1. The maximum absolute atomic E-state index is 6.54. The molecule has 0 amide bonds. The zero-order valence-electron chi connectivity index (χ0n) is 27.5. The Hall–Kier alpha value is -6.91. The van der Waals surface area contributed by atoms with Gasteiger partial charge in [0.25, 0.3) is 0 Å². The lowest BCUT2D eigenvalue weighted by Crippen LogP contribution is -2.00. The summed E-state index contributed by atoms with van der Waals surface area (Å²) in [7, 11) is 0. The average Bonchev–Trinajstić information content (AvgIpc) is 3.59. The minimum atomic E-state index is 0.600. The van der Waals surface area contributed by atoms with Crippen molar-refractivity contribution in [2.75, 3.05) is 0 Å². The van der Waals surface area contributed by atoms with Crippen molar-refractivity contribution in [1.82, 2.24) is 15.0 Å². The monoisotopic (exact) mass is 651 g/mol. The molecule has 8 aromatic carbocycles. The maximum Gasteiger partial charge on any atom is 0.164 e. The lowest BCUT2D eigenvalue weighted by atomic mass is 9.84. The van der Waals surface area contributed by atoms with Crippen LogP contribution in [-0.4, -0.2) is 15.0 Å². The highest BCUT2D eigenvalue weighted by Gasteiger charge is 2.21. The van der Waals surface area contributed by atoms with Crippen LogP contribution in [0.3, 0.4) is 0 Å². The smallest absolute Gasteiger partial charge is 0.164 e. The third-order valence-electron chi connectivity index (χ3n) is 9.72. The standard InChI is InChI=1S/C47H29N3O/c1-4-15-30(16-5-1)42-36-23-12-10-21-34(36)35-22-11-13-24-37(35)43(42)33-27-28-40-39(29-33)44-38(25-14-26-41(44)51-40)47-49-45(31-17-6-2-7-18-31)48-46(50-47)32-19-8-3-9-20-32/h1-29H.